The Balaban J connectivity index is 2.38. The number of nitrogens with zero attached hydrogens (tertiary/aromatic N) is 1. The average Bonchev–Trinajstić information content (AvgIpc) is 2.44. The molecule has 0 bridgehead atoms. The highest BCUT2D eigenvalue weighted by Gasteiger charge is 2.19. The first-order chi connectivity index (χ1) is 9.54. The second-order valence-corrected chi connectivity index (χ2v) is 6.31. The van der Waals surface area contributed by atoms with E-state index in [0.29, 0.717) is 12.6 Å². The van der Waals surface area contributed by atoms with Crippen molar-refractivity contribution in [2.24, 2.45) is 0 Å². The summed E-state index contributed by atoms with van der Waals surface area (Å²) >= 11 is 0. The molecule has 112 valence electrons. The third-order valence-electron chi connectivity index (χ3n) is 4.38. The van der Waals surface area contributed by atoms with Crippen molar-refractivity contribution in [2.45, 2.75) is 78.4 Å². The van der Waals surface area contributed by atoms with Gasteiger partial charge in [-0.1, -0.05) is 6.92 Å². The summed E-state index contributed by atoms with van der Waals surface area (Å²) in [6, 6.07) is 2.86. The van der Waals surface area contributed by atoms with Crippen LogP contribution in [0, 0.1) is 0 Å². The van der Waals surface area contributed by atoms with E-state index in [4.69, 9.17) is 0 Å². The lowest BCUT2D eigenvalue weighted by molar-refractivity contribution is 0.498. The van der Waals surface area contributed by atoms with Gasteiger partial charge in [-0.2, -0.15) is 0 Å². The van der Waals surface area contributed by atoms with Crippen LogP contribution in [0.3, 0.4) is 0 Å². The van der Waals surface area contributed by atoms with Gasteiger partial charge in [-0.25, -0.2) is 0 Å². The summed E-state index contributed by atoms with van der Waals surface area (Å²) < 4.78 is 2.03. The third kappa shape index (κ3) is 3.14. The van der Waals surface area contributed by atoms with E-state index in [9.17, 15) is 4.79 Å². The lowest BCUT2D eigenvalue weighted by Crippen LogP contribution is -2.34. The van der Waals surface area contributed by atoms with E-state index in [0.717, 1.165) is 24.8 Å². The fraction of sp³-hybridized carbons (Fsp3) is 0.706. The molecule has 1 atom stereocenters. The molecule has 1 unspecified atom stereocenters. The third-order valence-corrected chi connectivity index (χ3v) is 4.38. The monoisotopic (exact) mass is 276 g/mol. The molecule has 0 saturated carbocycles. The van der Waals surface area contributed by atoms with Gasteiger partial charge in [-0.3, -0.25) is 4.79 Å². The van der Waals surface area contributed by atoms with Crippen LogP contribution in [0.15, 0.2) is 10.9 Å². The van der Waals surface area contributed by atoms with E-state index in [1.807, 2.05) is 4.57 Å². The van der Waals surface area contributed by atoms with Gasteiger partial charge in [0.05, 0.1) is 0 Å². The van der Waals surface area contributed by atoms with Crippen LogP contribution in [-0.4, -0.2) is 10.6 Å². The zero-order valence-corrected chi connectivity index (χ0v) is 13.3. The van der Waals surface area contributed by atoms with Crippen molar-refractivity contribution in [3.63, 3.8) is 0 Å². The maximum Gasteiger partial charge on any atom is 0.255 e. The molecule has 20 heavy (non-hydrogen) atoms. The molecule has 0 aromatic carbocycles. The van der Waals surface area contributed by atoms with Gasteiger partial charge in [0, 0.05) is 29.9 Å². The number of aryl methyl sites for hydroxylation is 1. The van der Waals surface area contributed by atoms with Crippen LogP contribution in [0.2, 0.25) is 0 Å². The lowest BCUT2D eigenvalue weighted by atomic mass is 9.94. The van der Waals surface area contributed by atoms with Crippen LogP contribution >= 0.6 is 0 Å². The van der Waals surface area contributed by atoms with Crippen molar-refractivity contribution in [3.05, 3.63) is 33.2 Å². The first kappa shape index (κ1) is 15.3. The van der Waals surface area contributed by atoms with Gasteiger partial charge < -0.3 is 9.88 Å². The Kier molecular flexibility index (Phi) is 5.03. The van der Waals surface area contributed by atoms with Crippen LogP contribution in [-0.2, 0) is 19.4 Å². The minimum atomic E-state index is 0.205. The van der Waals surface area contributed by atoms with Crippen molar-refractivity contribution in [1.29, 1.82) is 0 Å². The highest BCUT2D eigenvalue weighted by molar-refractivity contribution is 5.29. The molecular formula is C17H28N2O. The predicted octanol–water partition coefficient (Wildman–Crippen LogP) is 3.20. The van der Waals surface area contributed by atoms with Crippen LogP contribution < -0.4 is 10.9 Å². The van der Waals surface area contributed by atoms with Crippen molar-refractivity contribution >= 4 is 0 Å². The van der Waals surface area contributed by atoms with Crippen LogP contribution in [0.5, 0.6) is 0 Å². The summed E-state index contributed by atoms with van der Waals surface area (Å²) in [5, 5.41) is 3.45. The molecule has 0 radical (unpaired) electrons. The second kappa shape index (κ2) is 6.57. The molecule has 1 aliphatic carbocycles. The molecular weight excluding hydrogens is 248 g/mol. The van der Waals surface area contributed by atoms with Crippen LogP contribution in [0.4, 0.5) is 0 Å². The van der Waals surface area contributed by atoms with Gasteiger partial charge in [0.25, 0.3) is 5.56 Å². The van der Waals surface area contributed by atoms with E-state index in [1.54, 1.807) is 0 Å². The first-order valence-corrected chi connectivity index (χ1v) is 8.04. The van der Waals surface area contributed by atoms with Crippen molar-refractivity contribution in [2.75, 3.05) is 0 Å². The van der Waals surface area contributed by atoms with Crippen LogP contribution in [0.25, 0.3) is 0 Å². The molecule has 0 amide bonds. The average molecular weight is 276 g/mol. The normalized spacial score (nSPS) is 16.2. The smallest absolute Gasteiger partial charge is 0.255 e. The Labute approximate surface area is 122 Å². The van der Waals surface area contributed by atoms with Gasteiger partial charge >= 0.3 is 0 Å². The second-order valence-electron chi connectivity index (χ2n) is 6.31. The number of aromatic nitrogens is 1. The van der Waals surface area contributed by atoms with Gasteiger partial charge in [-0.05, 0) is 64.5 Å². The number of pyridine rings is 1. The zero-order valence-electron chi connectivity index (χ0n) is 13.3. The largest absolute Gasteiger partial charge is 0.310 e. The minimum Gasteiger partial charge on any atom is -0.310 e. The maximum atomic E-state index is 12.7. The molecule has 1 aromatic heterocycles. The summed E-state index contributed by atoms with van der Waals surface area (Å²) in [6.45, 7) is 9.24. The van der Waals surface area contributed by atoms with Gasteiger partial charge in [0.15, 0.2) is 0 Å². The Morgan fingerprint density at radius 3 is 2.60 bits per heavy atom. The molecule has 1 aliphatic rings. The highest BCUT2D eigenvalue weighted by atomic mass is 16.1. The quantitative estimate of drug-likeness (QED) is 0.896. The number of hydrogen-bond acceptors (Lipinski definition) is 2. The Morgan fingerprint density at radius 2 is 1.95 bits per heavy atom. The molecule has 0 spiro atoms. The van der Waals surface area contributed by atoms with E-state index in [2.05, 4.69) is 39.1 Å². The molecule has 1 aromatic rings. The van der Waals surface area contributed by atoms with E-state index < -0.39 is 0 Å². The molecule has 0 saturated heterocycles. The predicted molar refractivity (Wildman–Crippen MR) is 84.3 cm³/mol. The standard InChI is InChI=1S/C17H28N2O/c1-5-13(4)18-11-15-10-14-8-6-7-9-16(14)19(12(2)3)17(15)20/h10,12-13,18H,5-9,11H2,1-4H3. The van der Waals surface area contributed by atoms with Gasteiger partial charge in [0.2, 0.25) is 0 Å². The molecule has 3 heteroatoms. The van der Waals surface area contributed by atoms with Crippen molar-refractivity contribution in [3.8, 4) is 0 Å². The number of hydrogen-bond donors (Lipinski definition) is 1. The van der Waals surface area contributed by atoms with Crippen LogP contribution in [0.1, 0.15) is 69.8 Å². The Bertz CT molecular complexity index is 516. The zero-order chi connectivity index (χ0) is 14.7. The molecule has 3 nitrogen and oxygen atoms in total. The van der Waals surface area contributed by atoms with E-state index in [-0.39, 0.29) is 11.6 Å². The molecule has 0 aliphatic heterocycles. The lowest BCUT2D eigenvalue weighted by Gasteiger charge is -2.25. The molecule has 2 rings (SSSR count). The number of fused-ring (bicyclic) bond motifs is 1. The maximum absolute atomic E-state index is 12.7. The topological polar surface area (TPSA) is 34.0 Å². The highest BCUT2D eigenvalue weighted by Crippen LogP contribution is 2.23. The van der Waals surface area contributed by atoms with E-state index in [1.165, 1.54) is 24.1 Å². The van der Waals surface area contributed by atoms with Gasteiger partial charge in [0.1, 0.15) is 0 Å². The van der Waals surface area contributed by atoms with Crippen molar-refractivity contribution in [1.82, 2.24) is 9.88 Å². The summed E-state index contributed by atoms with van der Waals surface area (Å²) in [7, 11) is 0. The molecule has 1 heterocycles. The molecule has 0 fully saturated rings. The van der Waals surface area contributed by atoms with E-state index >= 15 is 0 Å². The van der Waals surface area contributed by atoms with Gasteiger partial charge in [-0.15, -0.1) is 0 Å². The van der Waals surface area contributed by atoms with Crippen molar-refractivity contribution < 1.29 is 0 Å². The first-order valence-electron chi connectivity index (χ1n) is 8.04. The summed E-state index contributed by atoms with van der Waals surface area (Å²) in [5.74, 6) is 0. The number of rotatable bonds is 5. The fourth-order valence-electron chi connectivity index (χ4n) is 2.99. The summed E-state index contributed by atoms with van der Waals surface area (Å²) in [4.78, 5) is 12.7. The summed E-state index contributed by atoms with van der Waals surface area (Å²) in [5.41, 5.74) is 3.81. The fourth-order valence-corrected chi connectivity index (χ4v) is 2.99. The Hall–Kier alpha value is -1.09. The minimum absolute atomic E-state index is 0.205. The number of nitrogens with one attached hydrogen (secondary N) is 1. The Morgan fingerprint density at radius 1 is 1.25 bits per heavy atom. The SMILES string of the molecule is CCC(C)NCc1cc2c(n(C(C)C)c1=O)CCCC2. The summed E-state index contributed by atoms with van der Waals surface area (Å²) in [6.07, 6.45) is 5.73. The molecule has 1 N–H and O–H groups in total.